The normalized spacial score (nSPS) is 23.9. The molecule has 2 nitrogen and oxygen atoms in total. The molecule has 1 atom stereocenters. The van der Waals surface area contributed by atoms with Crippen LogP contribution in [0.15, 0.2) is 24.3 Å². The van der Waals surface area contributed by atoms with Crippen LogP contribution in [0.25, 0.3) is 0 Å². The molecule has 0 radical (unpaired) electrons. The standard InChI is InChI=1S/C14H17F3N2/c15-14(16,17)9-19-8-12(10-5-6-10)18-7-11-3-1-2-4-13(11)19/h1-4,10,12,18H,5-9H2. The Hall–Kier alpha value is -1.23. The minimum Gasteiger partial charge on any atom is -0.361 e. The predicted molar refractivity (Wildman–Crippen MR) is 68.1 cm³/mol. The zero-order chi connectivity index (χ0) is 13.5. The van der Waals surface area contributed by atoms with Crippen LogP contribution in [0.4, 0.5) is 18.9 Å². The van der Waals surface area contributed by atoms with Gasteiger partial charge in [0.05, 0.1) is 0 Å². The minimum absolute atomic E-state index is 0.176. The minimum atomic E-state index is -4.16. The highest BCUT2D eigenvalue weighted by Gasteiger charge is 2.38. The van der Waals surface area contributed by atoms with E-state index in [9.17, 15) is 13.2 Å². The van der Waals surface area contributed by atoms with E-state index < -0.39 is 12.7 Å². The number of nitrogens with zero attached hydrogens (tertiary/aromatic N) is 1. The van der Waals surface area contributed by atoms with E-state index in [1.54, 1.807) is 12.1 Å². The van der Waals surface area contributed by atoms with Gasteiger partial charge in [0.2, 0.25) is 0 Å². The summed E-state index contributed by atoms with van der Waals surface area (Å²) in [6.07, 6.45) is -1.90. The van der Waals surface area contributed by atoms with Gasteiger partial charge in [-0.2, -0.15) is 13.2 Å². The lowest BCUT2D eigenvalue weighted by atomic mass is 10.1. The van der Waals surface area contributed by atoms with Gasteiger partial charge < -0.3 is 10.2 Å². The highest BCUT2D eigenvalue weighted by Crippen LogP contribution is 2.36. The molecule has 1 aromatic carbocycles. The van der Waals surface area contributed by atoms with Gasteiger partial charge in [-0.3, -0.25) is 0 Å². The summed E-state index contributed by atoms with van der Waals surface area (Å²) in [5.41, 5.74) is 1.67. The van der Waals surface area contributed by atoms with E-state index in [0.29, 0.717) is 19.0 Å². The first-order valence-electron chi connectivity index (χ1n) is 6.66. The van der Waals surface area contributed by atoms with E-state index in [1.807, 2.05) is 12.1 Å². The number of rotatable bonds is 2. The second-order valence-electron chi connectivity index (χ2n) is 5.45. The molecule has 3 rings (SSSR count). The molecule has 1 aliphatic carbocycles. The molecule has 0 bridgehead atoms. The van der Waals surface area contributed by atoms with Gasteiger partial charge in [-0.25, -0.2) is 0 Å². The second kappa shape index (κ2) is 4.71. The molecular formula is C14H17F3N2. The first kappa shape index (κ1) is 12.8. The Morgan fingerprint density at radius 2 is 1.95 bits per heavy atom. The summed E-state index contributed by atoms with van der Waals surface area (Å²) in [5.74, 6) is 0.546. The number of para-hydroxylation sites is 1. The van der Waals surface area contributed by atoms with E-state index in [-0.39, 0.29) is 6.04 Å². The fourth-order valence-electron chi connectivity index (χ4n) is 2.79. The molecular weight excluding hydrogens is 253 g/mol. The molecule has 1 aromatic rings. The molecule has 0 spiro atoms. The highest BCUT2D eigenvalue weighted by molar-refractivity contribution is 5.54. The lowest BCUT2D eigenvalue weighted by Gasteiger charge is -2.28. The van der Waals surface area contributed by atoms with Gasteiger partial charge in [0.1, 0.15) is 6.54 Å². The molecule has 0 aromatic heterocycles. The number of alkyl halides is 3. The third-order valence-corrected chi connectivity index (χ3v) is 3.87. The molecule has 0 amide bonds. The topological polar surface area (TPSA) is 15.3 Å². The van der Waals surface area contributed by atoms with Crippen LogP contribution in [0.5, 0.6) is 0 Å². The third kappa shape index (κ3) is 3.03. The average molecular weight is 270 g/mol. The molecule has 104 valence electrons. The van der Waals surface area contributed by atoms with Crippen molar-refractivity contribution in [2.45, 2.75) is 31.6 Å². The Bertz CT molecular complexity index is 454. The lowest BCUT2D eigenvalue weighted by molar-refractivity contribution is -0.119. The molecule has 1 unspecified atom stereocenters. The van der Waals surface area contributed by atoms with E-state index in [1.165, 1.54) is 4.90 Å². The first-order valence-corrected chi connectivity index (χ1v) is 6.66. The molecule has 5 heteroatoms. The van der Waals surface area contributed by atoms with Gasteiger partial charge >= 0.3 is 6.18 Å². The van der Waals surface area contributed by atoms with Crippen LogP contribution in [0.3, 0.4) is 0 Å². The number of halogens is 3. The summed E-state index contributed by atoms with van der Waals surface area (Å²) in [6.45, 7) is 0.238. The number of fused-ring (bicyclic) bond motifs is 1. The molecule has 1 N–H and O–H groups in total. The van der Waals surface area contributed by atoms with Crippen molar-refractivity contribution >= 4 is 5.69 Å². The van der Waals surface area contributed by atoms with E-state index in [0.717, 1.165) is 24.1 Å². The number of nitrogens with one attached hydrogen (secondary N) is 1. The van der Waals surface area contributed by atoms with Crippen LogP contribution in [-0.4, -0.2) is 25.3 Å². The van der Waals surface area contributed by atoms with Crippen LogP contribution in [-0.2, 0) is 6.54 Å². The van der Waals surface area contributed by atoms with Crippen LogP contribution < -0.4 is 10.2 Å². The van der Waals surface area contributed by atoms with Gasteiger partial charge in [0.15, 0.2) is 0 Å². The van der Waals surface area contributed by atoms with Gasteiger partial charge in [-0.15, -0.1) is 0 Å². The first-order chi connectivity index (χ1) is 9.03. The van der Waals surface area contributed by atoms with Crippen LogP contribution in [0.2, 0.25) is 0 Å². The van der Waals surface area contributed by atoms with Crippen molar-refractivity contribution in [3.63, 3.8) is 0 Å². The summed E-state index contributed by atoms with van der Waals surface area (Å²) in [4.78, 5) is 1.48. The summed E-state index contributed by atoms with van der Waals surface area (Å²) in [6, 6.07) is 7.55. The summed E-state index contributed by atoms with van der Waals surface area (Å²) in [5, 5.41) is 3.41. The largest absolute Gasteiger partial charge is 0.405 e. The SMILES string of the molecule is FC(F)(F)CN1CC(C2CC2)NCc2ccccc21. The fraction of sp³-hybridized carbons (Fsp3) is 0.571. The molecule has 2 aliphatic rings. The Balaban J connectivity index is 1.87. The summed E-state index contributed by atoms with van der Waals surface area (Å²) in [7, 11) is 0. The molecule has 1 saturated carbocycles. The quantitative estimate of drug-likeness (QED) is 0.889. The molecule has 0 saturated heterocycles. The Labute approximate surface area is 110 Å². The fourth-order valence-corrected chi connectivity index (χ4v) is 2.79. The maximum atomic E-state index is 12.7. The number of hydrogen-bond donors (Lipinski definition) is 1. The predicted octanol–water partition coefficient (Wildman–Crippen LogP) is 2.94. The maximum absolute atomic E-state index is 12.7. The molecule has 1 fully saturated rings. The molecule has 1 heterocycles. The van der Waals surface area contributed by atoms with E-state index >= 15 is 0 Å². The Morgan fingerprint density at radius 1 is 1.21 bits per heavy atom. The average Bonchev–Trinajstić information content (AvgIpc) is 3.15. The van der Waals surface area contributed by atoms with Crippen LogP contribution in [0, 0.1) is 5.92 Å². The van der Waals surface area contributed by atoms with Gasteiger partial charge in [-0.1, -0.05) is 18.2 Å². The van der Waals surface area contributed by atoms with Gasteiger partial charge in [0.25, 0.3) is 0 Å². The van der Waals surface area contributed by atoms with Crippen LogP contribution in [0.1, 0.15) is 18.4 Å². The monoisotopic (exact) mass is 270 g/mol. The molecule has 19 heavy (non-hydrogen) atoms. The second-order valence-corrected chi connectivity index (χ2v) is 5.45. The van der Waals surface area contributed by atoms with Crippen molar-refractivity contribution < 1.29 is 13.2 Å². The Morgan fingerprint density at radius 3 is 2.63 bits per heavy atom. The lowest BCUT2D eigenvalue weighted by Crippen LogP contribution is -2.43. The smallest absolute Gasteiger partial charge is 0.361 e. The summed E-state index contributed by atoms with van der Waals surface area (Å²) < 4.78 is 38.2. The zero-order valence-electron chi connectivity index (χ0n) is 10.6. The van der Waals surface area contributed by atoms with Crippen molar-refractivity contribution in [3.05, 3.63) is 29.8 Å². The van der Waals surface area contributed by atoms with Gasteiger partial charge in [-0.05, 0) is 30.4 Å². The number of benzene rings is 1. The van der Waals surface area contributed by atoms with Crippen LogP contribution >= 0.6 is 0 Å². The highest BCUT2D eigenvalue weighted by atomic mass is 19.4. The van der Waals surface area contributed by atoms with Gasteiger partial charge in [0, 0.05) is 24.8 Å². The number of hydrogen-bond acceptors (Lipinski definition) is 2. The number of anilines is 1. The Kier molecular flexibility index (Phi) is 3.17. The maximum Gasteiger partial charge on any atom is 0.405 e. The zero-order valence-corrected chi connectivity index (χ0v) is 10.6. The van der Waals surface area contributed by atoms with Crippen molar-refractivity contribution in [2.24, 2.45) is 5.92 Å². The van der Waals surface area contributed by atoms with Crippen molar-refractivity contribution in [1.29, 1.82) is 0 Å². The summed E-state index contributed by atoms with van der Waals surface area (Å²) >= 11 is 0. The van der Waals surface area contributed by atoms with E-state index in [2.05, 4.69) is 5.32 Å². The van der Waals surface area contributed by atoms with Crippen molar-refractivity contribution in [2.75, 3.05) is 18.0 Å². The van der Waals surface area contributed by atoms with E-state index in [4.69, 9.17) is 0 Å². The van der Waals surface area contributed by atoms with Crippen molar-refractivity contribution in [1.82, 2.24) is 5.32 Å². The molecule has 1 aliphatic heterocycles. The van der Waals surface area contributed by atoms with Crippen molar-refractivity contribution in [3.8, 4) is 0 Å². The third-order valence-electron chi connectivity index (χ3n) is 3.87.